The van der Waals surface area contributed by atoms with Crippen LogP contribution in [0.2, 0.25) is 0 Å². The van der Waals surface area contributed by atoms with Crippen molar-refractivity contribution < 1.29 is 14.3 Å². The Morgan fingerprint density at radius 3 is 3.05 bits per heavy atom. The van der Waals surface area contributed by atoms with Crippen molar-refractivity contribution in [2.24, 2.45) is 5.92 Å². The van der Waals surface area contributed by atoms with Gasteiger partial charge in [0.15, 0.2) is 0 Å². The summed E-state index contributed by atoms with van der Waals surface area (Å²) < 4.78 is 14.0. The Hall–Kier alpha value is -1.62. The lowest BCUT2D eigenvalue weighted by Crippen LogP contribution is -2.46. The zero-order valence-corrected chi connectivity index (χ0v) is 11.5. The minimum absolute atomic E-state index is 0.0196. The first-order valence-electron chi connectivity index (χ1n) is 7.10. The van der Waals surface area contributed by atoms with Gasteiger partial charge in [0.1, 0.15) is 5.82 Å². The summed E-state index contributed by atoms with van der Waals surface area (Å²) in [6, 6.07) is 4.92. The fraction of sp³-hybridized carbons (Fsp3) is 0.533. The summed E-state index contributed by atoms with van der Waals surface area (Å²) in [5, 5.41) is 12.7. The Morgan fingerprint density at radius 2 is 2.30 bits per heavy atom. The summed E-state index contributed by atoms with van der Waals surface area (Å²) in [6.45, 7) is 2.96. The van der Waals surface area contributed by atoms with E-state index in [1.54, 1.807) is 13.0 Å². The summed E-state index contributed by atoms with van der Waals surface area (Å²) in [5.74, 6) is -0.319. The molecule has 2 aliphatic heterocycles. The number of carbonyl (C=O) groups excluding carboxylic acids is 1. The zero-order valence-electron chi connectivity index (χ0n) is 11.5. The van der Waals surface area contributed by atoms with Crippen molar-refractivity contribution >= 4 is 11.6 Å². The van der Waals surface area contributed by atoms with Gasteiger partial charge in [-0.15, -0.1) is 0 Å². The Kier molecular flexibility index (Phi) is 3.38. The number of anilines is 1. The van der Waals surface area contributed by atoms with E-state index in [4.69, 9.17) is 0 Å². The quantitative estimate of drug-likeness (QED) is 0.864. The number of hydrogen-bond donors (Lipinski definition) is 2. The molecular formula is C15H19FN2O2. The lowest BCUT2D eigenvalue weighted by Gasteiger charge is -2.39. The van der Waals surface area contributed by atoms with E-state index in [0.29, 0.717) is 17.8 Å². The highest BCUT2D eigenvalue weighted by Crippen LogP contribution is 2.36. The van der Waals surface area contributed by atoms with Crippen LogP contribution in [-0.2, 0) is 4.79 Å². The van der Waals surface area contributed by atoms with Crippen LogP contribution >= 0.6 is 0 Å². The van der Waals surface area contributed by atoms with Crippen LogP contribution in [0.4, 0.5) is 10.1 Å². The number of aliphatic hydroxyl groups is 1. The third kappa shape index (κ3) is 2.06. The summed E-state index contributed by atoms with van der Waals surface area (Å²) >= 11 is 0. The van der Waals surface area contributed by atoms with E-state index in [2.05, 4.69) is 10.2 Å². The normalized spacial score (nSPS) is 27.1. The molecule has 2 N–H and O–H groups in total. The van der Waals surface area contributed by atoms with Crippen LogP contribution < -0.4 is 10.2 Å². The van der Waals surface area contributed by atoms with Gasteiger partial charge in [-0.25, -0.2) is 4.39 Å². The van der Waals surface area contributed by atoms with Crippen LogP contribution in [0.15, 0.2) is 18.2 Å². The average molecular weight is 278 g/mol. The summed E-state index contributed by atoms with van der Waals surface area (Å²) in [5.41, 5.74) is 1.04. The van der Waals surface area contributed by atoms with E-state index in [0.717, 1.165) is 19.4 Å². The molecule has 3 rings (SSSR count). The maximum Gasteiger partial charge on any atom is 0.225 e. The van der Waals surface area contributed by atoms with Crippen molar-refractivity contribution in [3.8, 4) is 0 Å². The molecule has 2 saturated heterocycles. The number of nitrogens with one attached hydrogen (secondary N) is 1. The zero-order chi connectivity index (χ0) is 14.3. The molecule has 1 amide bonds. The van der Waals surface area contributed by atoms with Gasteiger partial charge in [0.25, 0.3) is 0 Å². The Morgan fingerprint density at radius 1 is 1.50 bits per heavy atom. The van der Waals surface area contributed by atoms with Gasteiger partial charge in [0.05, 0.1) is 18.1 Å². The maximum atomic E-state index is 14.0. The molecule has 20 heavy (non-hydrogen) atoms. The molecule has 3 unspecified atom stereocenters. The highest BCUT2D eigenvalue weighted by Gasteiger charge is 2.41. The minimum atomic E-state index is -0.864. The van der Waals surface area contributed by atoms with Crippen LogP contribution in [0, 0.1) is 11.7 Å². The van der Waals surface area contributed by atoms with Crippen LogP contribution in [0.1, 0.15) is 31.4 Å². The Labute approximate surface area is 117 Å². The fourth-order valence-corrected chi connectivity index (χ4v) is 3.44. The first-order valence-corrected chi connectivity index (χ1v) is 7.10. The van der Waals surface area contributed by atoms with Crippen molar-refractivity contribution in [1.29, 1.82) is 0 Å². The van der Waals surface area contributed by atoms with Crippen molar-refractivity contribution in [1.82, 2.24) is 5.32 Å². The second-order valence-electron chi connectivity index (χ2n) is 5.60. The van der Waals surface area contributed by atoms with Gasteiger partial charge in [0, 0.05) is 24.3 Å². The van der Waals surface area contributed by atoms with Crippen molar-refractivity contribution in [3.05, 3.63) is 29.6 Å². The monoisotopic (exact) mass is 278 g/mol. The standard InChI is InChI=1S/C15H19FN2O2/c1-9(19)14-11(16)5-2-6-12(14)18-7-3-4-10-13(18)8-17-15(10)20/h2,5-6,9-10,13,19H,3-4,7-8H2,1H3,(H,17,20). The number of fused-ring (bicyclic) bond motifs is 1. The molecule has 2 aliphatic rings. The van der Waals surface area contributed by atoms with E-state index in [-0.39, 0.29) is 17.9 Å². The molecule has 1 aromatic rings. The molecule has 2 fully saturated rings. The van der Waals surface area contributed by atoms with E-state index in [9.17, 15) is 14.3 Å². The minimum Gasteiger partial charge on any atom is -0.389 e. The number of halogens is 1. The molecule has 5 heteroatoms. The van der Waals surface area contributed by atoms with Gasteiger partial charge in [-0.2, -0.15) is 0 Å². The number of benzene rings is 1. The molecule has 0 aliphatic carbocycles. The van der Waals surface area contributed by atoms with Crippen LogP contribution in [-0.4, -0.2) is 30.1 Å². The van der Waals surface area contributed by atoms with Crippen molar-refractivity contribution in [2.45, 2.75) is 31.9 Å². The third-order valence-corrected chi connectivity index (χ3v) is 4.36. The summed E-state index contributed by atoms with van der Waals surface area (Å²) in [4.78, 5) is 13.9. The molecule has 4 nitrogen and oxygen atoms in total. The highest BCUT2D eigenvalue weighted by atomic mass is 19.1. The molecule has 0 saturated carbocycles. The highest BCUT2D eigenvalue weighted by molar-refractivity contribution is 5.83. The maximum absolute atomic E-state index is 14.0. The fourth-order valence-electron chi connectivity index (χ4n) is 3.44. The second kappa shape index (κ2) is 5.05. The number of nitrogens with zero attached hydrogens (tertiary/aromatic N) is 1. The molecular weight excluding hydrogens is 259 g/mol. The first kappa shape index (κ1) is 13.4. The number of carbonyl (C=O) groups is 1. The summed E-state index contributed by atoms with van der Waals surface area (Å²) in [6.07, 6.45) is 0.924. The predicted molar refractivity (Wildman–Crippen MR) is 73.9 cm³/mol. The lowest BCUT2D eigenvalue weighted by atomic mass is 9.90. The smallest absolute Gasteiger partial charge is 0.225 e. The Bertz CT molecular complexity index is 533. The average Bonchev–Trinajstić information content (AvgIpc) is 2.80. The van der Waals surface area contributed by atoms with E-state index in [1.165, 1.54) is 6.07 Å². The molecule has 0 radical (unpaired) electrons. The second-order valence-corrected chi connectivity index (χ2v) is 5.60. The molecule has 0 spiro atoms. The number of amides is 1. The van der Waals surface area contributed by atoms with Gasteiger partial charge in [-0.3, -0.25) is 4.79 Å². The first-order chi connectivity index (χ1) is 9.59. The lowest BCUT2D eigenvalue weighted by molar-refractivity contribution is -0.122. The number of rotatable bonds is 2. The third-order valence-electron chi connectivity index (χ3n) is 4.36. The van der Waals surface area contributed by atoms with Gasteiger partial charge in [-0.05, 0) is 31.9 Å². The van der Waals surface area contributed by atoms with Crippen LogP contribution in [0.25, 0.3) is 0 Å². The SMILES string of the molecule is CC(O)c1c(F)cccc1N1CCCC2C(=O)NCC21. The van der Waals surface area contributed by atoms with Gasteiger partial charge in [-0.1, -0.05) is 6.07 Å². The van der Waals surface area contributed by atoms with Crippen molar-refractivity contribution in [3.63, 3.8) is 0 Å². The van der Waals surface area contributed by atoms with E-state index < -0.39 is 11.9 Å². The van der Waals surface area contributed by atoms with Crippen molar-refractivity contribution in [2.75, 3.05) is 18.0 Å². The van der Waals surface area contributed by atoms with E-state index in [1.807, 2.05) is 6.07 Å². The van der Waals surface area contributed by atoms with Gasteiger partial charge >= 0.3 is 0 Å². The van der Waals surface area contributed by atoms with E-state index >= 15 is 0 Å². The largest absolute Gasteiger partial charge is 0.389 e. The van der Waals surface area contributed by atoms with Crippen LogP contribution in [0.5, 0.6) is 0 Å². The molecule has 2 heterocycles. The Balaban J connectivity index is 2.00. The number of piperidine rings is 1. The molecule has 1 aromatic carbocycles. The topological polar surface area (TPSA) is 52.6 Å². The molecule has 0 bridgehead atoms. The summed E-state index contributed by atoms with van der Waals surface area (Å²) in [7, 11) is 0. The van der Waals surface area contributed by atoms with Gasteiger partial charge in [0.2, 0.25) is 5.91 Å². The molecule has 108 valence electrons. The number of aliphatic hydroxyl groups excluding tert-OH is 1. The van der Waals surface area contributed by atoms with Gasteiger partial charge < -0.3 is 15.3 Å². The van der Waals surface area contributed by atoms with Crippen LogP contribution in [0.3, 0.4) is 0 Å². The molecule has 0 aromatic heterocycles. The predicted octanol–water partition coefficient (Wildman–Crippen LogP) is 1.59. The number of hydrogen-bond acceptors (Lipinski definition) is 3. The molecule has 3 atom stereocenters.